The molecule has 0 atom stereocenters. The van der Waals surface area contributed by atoms with Gasteiger partial charge in [0.25, 0.3) is 0 Å². The van der Waals surface area contributed by atoms with Crippen LogP contribution in [0.4, 0.5) is 0 Å². The van der Waals surface area contributed by atoms with Crippen LogP contribution in [-0.2, 0) is 19.1 Å². The van der Waals surface area contributed by atoms with Crippen LogP contribution in [0, 0.1) is 17.8 Å². The Bertz CT molecular complexity index is 267. The van der Waals surface area contributed by atoms with Gasteiger partial charge in [-0.05, 0) is 13.8 Å². The Morgan fingerprint density at radius 1 is 1.00 bits per heavy atom. The molecule has 0 radical (unpaired) electrons. The lowest BCUT2D eigenvalue weighted by Gasteiger charge is -2.11. The third kappa shape index (κ3) is 5.40. The molecule has 0 aliphatic carbocycles. The molecule has 4 nitrogen and oxygen atoms in total. The molecule has 0 saturated carbocycles. The summed E-state index contributed by atoms with van der Waals surface area (Å²) in [6.07, 6.45) is 0.851. The zero-order valence-corrected chi connectivity index (χ0v) is 10.0. The Kier molecular flexibility index (Phi) is 7.96. The molecule has 0 aliphatic rings. The predicted octanol–water partition coefficient (Wildman–Crippen LogP) is 1.53. The second-order valence-corrected chi connectivity index (χ2v) is 2.97. The standard InChI is InChI=1S/C12H18O4/c1-4-7-8-9-10(11(13)15-5-2)12(14)16-6-3/h10H,4-6,9H2,1-3H3. The average molecular weight is 226 g/mol. The summed E-state index contributed by atoms with van der Waals surface area (Å²) in [6.45, 7) is 5.78. The lowest BCUT2D eigenvalue weighted by Crippen LogP contribution is -2.27. The van der Waals surface area contributed by atoms with Crippen molar-refractivity contribution < 1.29 is 19.1 Å². The highest BCUT2D eigenvalue weighted by atomic mass is 16.6. The molecule has 0 heterocycles. The van der Waals surface area contributed by atoms with Crippen LogP contribution in [0.5, 0.6) is 0 Å². The molecule has 0 spiro atoms. The fourth-order valence-corrected chi connectivity index (χ4v) is 1.05. The van der Waals surface area contributed by atoms with E-state index in [0.29, 0.717) is 6.42 Å². The molecule has 0 fully saturated rings. The number of hydrogen-bond acceptors (Lipinski definition) is 4. The summed E-state index contributed by atoms with van der Waals surface area (Å²) in [5, 5.41) is 0. The van der Waals surface area contributed by atoms with Crippen LogP contribution in [0.2, 0.25) is 0 Å². The largest absolute Gasteiger partial charge is 0.465 e. The fourth-order valence-electron chi connectivity index (χ4n) is 1.05. The first-order valence-electron chi connectivity index (χ1n) is 5.46. The summed E-state index contributed by atoms with van der Waals surface area (Å²) in [7, 11) is 0. The Hall–Kier alpha value is -1.50. The lowest BCUT2D eigenvalue weighted by molar-refractivity contribution is -0.161. The van der Waals surface area contributed by atoms with E-state index >= 15 is 0 Å². The van der Waals surface area contributed by atoms with Gasteiger partial charge in [0, 0.05) is 12.8 Å². The number of esters is 2. The molecule has 0 rings (SSSR count). The fraction of sp³-hybridized carbons (Fsp3) is 0.667. The van der Waals surface area contributed by atoms with Crippen LogP contribution in [0.3, 0.4) is 0 Å². The molecule has 0 amide bonds. The van der Waals surface area contributed by atoms with Gasteiger partial charge in [0.15, 0.2) is 5.92 Å². The van der Waals surface area contributed by atoms with Gasteiger partial charge in [0.1, 0.15) is 0 Å². The van der Waals surface area contributed by atoms with E-state index in [1.54, 1.807) is 13.8 Å². The molecule has 90 valence electrons. The summed E-state index contributed by atoms with van der Waals surface area (Å²) in [6, 6.07) is 0. The molecule has 0 unspecified atom stereocenters. The van der Waals surface area contributed by atoms with Gasteiger partial charge in [-0.25, -0.2) is 0 Å². The van der Waals surface area contributed by atoms with Crippen molar-refractivity contribution in [3.8, 4) is 11.8 Å². The monoisotopic (exact) mass is 226 g/mol. The van der Waals surface area contributed by atoms with Crippen molar-refractivity contribution in [1.82, 2.24) is 0 Å². The van der Waals surface area contributed by atoms with E-state index in [9.17, 15) is 9.59 Å². The van der Waals surface area contributed by atoms with Crippen LogP contribution < -0.4 is 0 Å². The van der Waals surface area contributed by atoms with Gasteiger partial charge in [-0.15, -0.1) is 11.8 Å². The van der Waals surface area contributed by atoms with Crippen LogP contribution >= 0.6 is 0 Å². The van der Waals surface area contributed by atoms with Gasteiger partial charge in [-0.3, -0.25) is 9.59 Å². The second kappa shape index (κ2) is 8.78. The number of carbonyl (C=O) groups is 2. The highest BCUT2D eigenvalue weighted by Crippen LogP contribution is 2.08. The molecule has 0 aromatic heterocycles. The average Bonchev–Trinajstić information content (AvgIpc) is 2.25. The SMILES string of the molecule is CCC#CCC(C(=O)OCC)C(=O)OCC. The van der Waals surface area contributed by atoms with Crippen LogP contribution in [0.1, 0.15) is 33.6 Å². The summed E-state index contributed by atoms with van der Waals surface area (Å²) in [4.78, 5) is 22.9. The molecule has 0 saturated heterocycles. The smallest absolute Gasteiger partial charge is 0.321 e. The maximum atomic E-state index is 11.5. The van der Waals surface area contributed by atoms with Gasteiger partial charge in [0.05, 0.1) is 13.2 Å². The molecule has 16 heavy (non-hydrogen) atoms. The van der Waals surface area contributed by atoms with E-state index in [1.807, 2.05) is 6.92 Å². The van der Waals surface area contributed by atoms with E-state index in [0.717, 1.165) is 0 Å². The predicted molar refractivity (Wildman–Crippen MR) is 59.4 cm³/mol. The topological polar surface area (TPSA) is 52.6 Å². The molecule has 0 N–H and O–H groups in total. The third-order valence-electron chi connectivity index (χ3n) is 1.75. The van der Waals surface area contributed by atoms with Crippen molar-refractivity contribution in [1.29, 1.82) is 0 Å². The van der Waals surface area contributed by atoms with E-state index in [-0.39, 0.29) is 19.6 Å². The highest BCUT2D eigenvalue weighted by molar-refractivity contribution is 5.95. The van der Waals surface area contributed by atoms with Crippen molar-refractivity contribution in [2.75, 3.05) is 13.2 Å². The van der Waals surface area contributed by atoms with Crippen molar-refractivity contribution in [3.63, 3.8) is 0 Å². The normalized spacial score (nSPS) is 9.25. The second-order valence-electron chi connectivity index (χ2n) is 2.97. The molecule has 0 bridgehead atoms. The van der Waals surface area contributed by atoms with E-state index in [4.69, 9.17) is 9.47 Å². The first-order chi connectivity index (χ1) is 7.67. The number of rotatable bonds is 5. The van der Waals surface area contributed by atoms with Gasteiger partial charge in [0.2, 0.25) is 0 Å². The molecule has 0 aromatic carbocycles. The third-order valence-corrected chi connectivity index (χ3v) is 1.75. The number of ether oxygens (including phenoxy) is 2. The Labute approximate surface area is 96.3 Å². The van der Waals surface area contributed by atoms with Crippen LogP contribution in [0.25, 0.3) is 0 Å². The maximum absolute atomic E-state index is 11.5. The maximum Gasteiger partial charge on any atom is 0.321 e. The number of hydrogen-bond donors (Lipinski definition) is 0. The molecule has 0 aliphatic heterocycles. The quantitative estimate of drug-likeness (QED) is 0.405. The van der Waals surface area contributed by atoms with E-state index < -0.39 is 17.9 Å². The van der Waals surface area contributed by atoms with Crippen LogP contribution in [-0.4, -0.2) is 25.2 Å². The van der Waals surface area contributed by atoms with Crippen molar-refractivity contribution >= 4 is 11.9 Å². The first kappa shape index (κ1) is 14.5. The van der Waals surface area contributed by atoms with Gasteiger partial charge >= 0.3 is 11.9 Å². The van der Waals surface area contributed by atoms with Gasteiger partial charge in [-0.2, -0.15) is 0 Å². The molecular weight excluding hydrogens is 208 g/mol. The zero-order valence-electron chi connectivity index (χ0n) is 10.0. The molecule has 0 aromatic rings. The minimum atomic E-state index is -0.918. The summed E-state index contributed by atoms with van der Waals surface area (Å²) in [5.41, 5.74) is 0. The lowest BCUT2D eigenvalue weighted by atomic mass is 10.1. The Morgan fingerprint density at radius 3 is 1.88 bits per heavy atom. The summed E-state index contributed by atoms with van der Waals surface area (Å²) < 4.78 is 9.59. The van der Waals surface area contributed by atoms with E-state index in [1.165, 1.54) is 0 Å². The minimum Gasteiger partial charge on any atom is -0.465 e. The van der Waals surface area contributed by atoms with Crippen molar-refractivity contribution in [3.05, 3.63) is 0 Å². The van der Waals surface area contributed by atoms with Gasteiger partial charge < -0.3 is 9.47 Å². The highest BCUT2D eigenvalue weighted by Gasteiger charge is 2.28. The zero-order chi connectivity index (χ0) is 12.4. The summed E-state index contributed by atoms with van der Waals surface area (Å²) >= 11 is 0. The van der Waals surface area contributed by atoms with Crippen LogP contribution in [0.15, 0.2) is 0 Å². The molecular formula is C12H18O4. The van der Waals surface area contributed by atoms with Crippen molar-refractivity contribution in [2.45, 2.75) is 33.6 Å². The summed E-state index contributed by atoms with van der Waals surface area (Å²) in [5.74, 6) is 3.52. The number of carbonyl (C=O) groups excluding carboxylic acids is 2. The molecule has 4 heteroatoms. The van der Waals surface area contributed by atoms with Gasteiger partial charge in [-0.1, -0.05) is 6.92 Å². The van der Waals surface area contributed by atoms with Crippen molar-refractivity contribution in [2.24, 2.45) is 5.92 Å². The van der Waals surface area contributed by atoms with E-state index in [2.05, 4.69) is 11.8 Å². The minimum absolute atomic E-state index is 0.158. The Morgan fingerprint density at radius 2 is 1.50 bits per heavy atom. The first-order valence-corrected chi connectivity index (χ1v) is 5.46. The Balaban J connectivity index is 4.49.